The van der Waals surface area contributed by atoms with Gasteiger partial charge in [-0.05, 0) is 32.1 Å². The van der Waals surface area contributed by atoms with E-state index in [0.717, 1.165) is 64.2 Å². The van der Waals surface area contributed by atoms with Gasteiger partial charge in [-0.15, -0.1) is 0 Å². The van der Waals surface area contributed by atoms with E-state index >= 15 is 0 Å². The van der Waals surface area contributed by atoms with E-state index in [4.69, 9.17) is 18.5 Å². The first kappa shape index (κ1) is 37.8. The number of carbonyl (C=O) groups excluding carboxylic acids is 2. The number of ether oxygens (including phenoxy) is 2. The van der Waals surface area contributed by atoms with Crippen LogP contribution >= 0.6 is 7.82 Å². The van der Waals surface area contributed by atoms with Crippen molar-refractivity contribution in [2.75, 3.05) is 47.5 Å². The fraction of sp³-hybridized carbons (Fsp3) is 0.862. The van der Waals surface area contributed by atoms with Crippen LogP contribution in [0, 0.1) is 0 Å². The van der Waals surface area contributed by atoms with E-state index in [1.165, 1.54) is 12.8 Å². The highest BCUT2D eigenvalue weighted by molar-refractivity contribution is 7.47. The molecule has 0 amide bonds. The summed E-state index contributed by atoms with van der Waals surface area (Å²) in [6.07, 6.45) is 17.3. The summed E-state index contributed by atoms with van der Waals surface area (Å²) < 4.78 is 33.7. The lowest BCUT2D eigenvalue weighted by atomic mass is 10.1. The first-order valence-corrected chi connectivity index (χ1v) is 16.4. The monoisotopic (exact) mass is 578 g/mol. The van der Waals surface area contributed by atoms with Gasteiger partial charge in [0.2, 0.25) is 0 Å². The first-order valence-electron chi connectivity index (χ1n) is 14.9. The van der Waals surface area contributed by atoms with Crippen LogP contribution in [0.2, 0.25) is 0 Å². The van der Waals surface area contributed by atoms with Gasteiger partial charge >= 0.3 is 19.8 Å². The summed E-state index contributed by atoms with van der Waals surface area (Å²) in [5.41, 5.74) is 0. The quantitative estimate of drug-likeness (QED) is 0.0396. The van der Waals surface area contributed by atoms with Crippen molar-refractivity contribution in [3.63, 3.8) is 0 Å². The summed E-state index contributed by atoms with van der Waals surface area (Å²) in [4.78, 5) is 34.6. The van der Waals surface area contributed by atoms with E-state index in [2.05, 4.69) is 26.0 Å². The molecule has 0 spiro atoms. The lowest BCUT2D eigenvalue weighted by Crippen LogP contribution is -2.37. The second-order valence-corrected chi connectivity index (χ2v) is 12.6. The normalized spacial score (nSPS) is 14.3. The van der Waals surface area contributed by atoms with Crippen LogP contribution in [0.1, 0.15) is 110 Å². The van der Waals surface area contributed by atoms with Gasteiger partial charge in [-0.25, -0.2) is 4.57 Å². The van der Waals surface area contributed by atoms with Crippen LogP contribution in [0.4, 0.5) is 0 Å². The molecule has 0 aromatic rings. The summed E-state index contributed by atoms with van der Waals surface area (Å²) >= 11 is 0. The van der Waals surface area contributed by atoms with Gasteiger partial charge in [-0.3, -0.25) is 18.6 Å². The molecule has 0 radical (unpaired) electrons. The molecule has 0 aromatic carbocycles. The van der Waals surface area contributed by atoms with Crippen molar-refractivity contribution < 1.29 is 42.1 Å². The Hall–Kier alpha value is -1.25. The molecule has 0 aliphatic rings. The average molecular weight is 579 g/mol. The Balaban J connectivity index is 4.58. The molecule has 1 N–H and O–H groups in total. The minimum absolute atomic E-state index is 0.0316. The summed E-state index contributed by atoms with van der Waals surface area (Å²) in [5.74, 6) is -0.827. The van der Waals surface area contributed by atoms with Crippen molar-refractivity contribution >= 4 is 19.8 Å². The molecule has 0 aliphatic carbocycles. The number of allylic oxidation sites excluding steroid dienone is 2. The summed E-state index contributed by atoms with van der Waals surface area (Å²) in [6.45, 7) is 4.19. The Morgan fingerprint density at radius 1 is 0.795 bits per heavy atom. The van der Waals surface area contributed by atoms with Crippen LogP contribution in [0.5, 0.6) is 0 Å². The molecule has 10 heteroatoms. The number of phosphoric ester groups is 1. The molecule has 1 unspecified atom stereocenters. The minimum atomic E-state index is -4.35. The Kier molecular flexibility index (Phi) is 22.7. The molecule has 0 saturated carbocycles. The number of carbonyl (C=O) groups is 2. The van der Waals surface area contributed by atoms with Gasteiger partial charge in [-0.1, -0.05) is 77.4 Å². The second-order valence-electron chi connectivity index (χ2n) is 11.1. The number of phosphoric acid groups is 1. The van der Waals surface area contributed by atoms with Crippen molar-refractivity contribution in [1.29, 1.82) is 0 Å². The van der Waals surface area contributed by atoms with Crippen molar-refractivity contribution in [3.8, 4) is 0 Å². The van der Waals surface area contributed by atoms with Crippen LogP contribution in [0.15, 0.2) is 12.2 Å². The highest BCUT2D eigenvalue weighted by Crippen LogP contribution is 2.43. The number of hydrogen-bond acceptors (Lipinski definition) is 7. The van der Waals surface area contributed by atoms with Crippen LogP contribution in [-0.4, -0.2) is 74.9 Å². The van der Waals surface area contributed by atoms with E-state index < -0.39 is 26.5 Å². The smallest absolute Gasteiger partial charge is 0.462 e. The van der Waals surface area contributed by atoms with Crippen LogP contribution in [0.3, 0.4) is 0 Å². The fourth-order valence-electron chi connectivity index (χ4n) is 3.66. The summed E-state index contributed by atoms with van der Waals surface area (Å²) in [5, 5.41) is 0. The molecule has 0 rings (SSSR count). The van der Waals surface area contributed by atoms with Crippen molar-refractivity contribution in [1.82, 2.24) is 0 Å². The lowest BCUT2D eigenvalue weighted by Gasteiger charge is -2.24. The molecule has 2 atom stereocenters. The van der Waals surface area contributed by atoms with E-state index in [1.807, 2.05) is 21.1 Å². The van der Waals surface area contributed by atoms with Gasteiger partial charge in [0.25, 0.3) is 0 Å². The van der Waals surface area contributed by atoms with E-state index in [0.29, 0.717) is 17.4 Å². The summed E-state index contributed by atoms with van der Waals surface area (Å²) in [7, 11) is 1.47. The molecule has 0 fully saturated rings. The largest absolute Gasteiger partial charge is 0.472 e. The zero-order chi connectivity index (χ0) is 29.4. The lowest BCUT2D eigenvalue weighted by molar-refractivity contribution is -0.870. The second kappa shape index (κ2) is 23.5. The van der Waals surface area contributed by atoms with E-state index in [1.54, 1.807) is 0 Å². The number of quaternary nitrogens is 1. The average Bonchev–Trinajstić information content (AvgIpc) is 2.85. The molecular formula is C29H57NO8P+. The molecule has 0 saturated heterocycles. The molecule has 0 aliphatic heterocycles. The zero-order valence-electron chi connectivity index (χ0n) is 25.4. The molecule has 0 heterocycles. The standard InChI is InChI=1S/C29H56NO8P/c1-6-8-10-12-14-15-16-18-20-22-29(32)38-27(25-35-28(31)21-19-17-13-11-9-7-2)26-37-39(33,34)36-24-23-30(3,4)5/h8,10,27H,6-7,9,11-26H2,1-5H3/p+1/b10-8-/t27-/m0/s1. The van der Waals surface area contributed by atoms with Gasteiger partial charge in [0.15, 0.2) is 6.10 Å². The third kappa shape index (κ3) is 26.7. The zero-order valence-corrected chi connectivity index (χ0v) is 26.3. The van der Waals surface area contributed by atoms with Crippen LogP contribution < -0.4 is 0 Å². The van der Waals surface area contributed by atoms with Gasteiger partial charge in [-0.2, -0.15) is 0 Å². The fourth-order valence-corrected chi connectivity index (χ4v) is 4.40. The summed E-state index contributed by atoms with van der Waals surface area (Å²) in [6, 6.07) is 0. The van der Waals surface area contributed by atoms with Crippen molar-refractivity contribution in [2.45, 2.75) is 116 Å². The van der Waals surface area contributed by atoms with E-state index in [-0.39, 0.29) is 32.0 Å². The number of likely N-dealkylation sites (N-methyl/N-ethyl adjacent to an activating group) is 1. The Bertz CT molecular complexity index is 708. The highest BCUT2D eigenvalue weighted by Gasteiger charge is 2.27. The van der Waals surface area contributed by atoms with Gasteiger partial charge < -0.3 is 18.9 Å². The molecule has 230 valence electrons. The van der Waals surface area contributed by atoms with Gasteiger partial charge in [0, 0.05) is 12.8 Å². The Morgan fingerprint density at radius 3 is 2.00 bits per heavy atom. The predicted molar refractivity (Wildman–Crippen MR) is 155 cm³/mol. The first-order chi connectivity index (χ1) is 18.5. The van der Waals surface area contributed by atoms with Gasteiger partial charge in [0.1, 0.15) is 19.8 Å². The number of hydrogen-bond donors (Lipinski definition) is 1. The number of unbranched alkanes of at least 4 members (excludes halogenated alkanes) is 10. The van der Waals surface area contributed by atoms with Crippen LogP contribution in [0.25, 0.3) is 0 Å². The minimum Gasteiger partial charge on any atom is -0.462 e. The molecule has 0 aromatic heterocycles. The SMILES string of the molecule is CC/C=C\CCCCCCCC(=O)O[C@@H](COC(=O)CCCCCCCC)COP(=O)(O)OCC[N+](C)(C)C. The van der Waals surface area contributed by atoms with E-state index in [9.17, 15) is 19.0 Å². The van der Waals surface area contributed by atoms with Crippen molar-refractivity contribution in [2.24, 2.45) is 0 Å². The third-order valence-corrected chi connectivity index (χ3v) is 7.04. The number of nitrogens with zero attached hydrogens (tertiary/aromatic N) is 1. The predicted octanol–water partition coefficient (Wildman–Crippen LogP) is 6.73. The number of rotatable bonds is 26. The third-order valence-electron chi connectivity index (χ3n) is 6.06. The maximum Gasteiger partial charge on any atom is 0.472 e. The molecule has 9 nitrogen and oxygen atoms in total. The topological polar surface area (TPSA) is 108 Å². The molecular weight excluding hydrogens is 521 g/mol. The van der Waals surface area contributed by atoms with Crippen LogP contribution in [-0.2, 0) is 32.7 Å². The van der Waals surface area contributed by atoms with Gasteiger partial charge in [0.05, 0.1) is 27.7 Å². The maximum absolute atomic E-state index is 12.4. The highest BCUT2D eigenvalue weighted by atomic mass is 31.2. The Labute approximate surface area is 237 Å². The maximum atomic E-state index is 12.4. The van der Waals surface area contributed by atoms with Crippen molar-refractivity contribution in [3.05, 3.63) is 12.2 Å². The molecule has 39 heavy (non-hydrogen) atoms. The number of esters is 2. The Morgan fingerprint density at radius 2 is 1.38 bits per heavy atom. The molecule has 0 bridgehead atoms.